The third-order valence-corrected chi connectivity index (χ3v) is 0.936. The minimum Gasteiger partial charge on any atom is -0.344 e. The summed E-state index contributed by atoms with van der Waals surface area (Å²) in [7, 11) is 0. The van der Waals surface area contributed by atoms with E-state index in [9.17, 15) is 4.79 Å². The lowest BCUT2D eigenvalue weighted by Crippen LogP contribution is -1.73. The second-order valence-corrected chi connectivity index (χ2v) is 1.53. The van der Waals surface area contributed by atoms with Gasteiger partial charge >= 0.3 is 0 Å². The van der Waals surface area contributed by atoms with E-state index in [1.165, 1.54) is 0 Å². The van der Waals surface area contributed by atoms with Gasteiger partial charge in [0.1, 0.15) is 6.29 Å². The molecule has 0 heterocycles. The van der Waals surface area contributed by atoms with Crippen LogP contribution in [0.1, 0.15) is 10.4 Å². The maximum Gasteiger partial charge on any atom is 0.150 e. The standard InChI is InChI=1S/C7H6O.2H3N/c8-6-7-4-2-1-3-5-7;;/h1-6H;2*1H3. The minimum absolute atomic E-state index is 0. The Kier molecular flexibility index (Phi) is 6.88. The Labute approximate surface area is 60.2 Å². The van der Waals surface area contributed by atoms with Crippen molar-refractivity contribution in [2.75, 3.05) is 0 Å². The maximum atomic E-state index is 10.0. The molecule has 0 radical (unpaired) electrons. The van der Waals surface area contributed by atoms with Crippen LogP contribution in [0, 0.1) is 0 Å². The zero-order chi connectivity index (χ0) is 5.82. The predicted octanol–water partition coefficient (Wildman–Crippen LogP) is 1.82. The van der Waals surface area contributed by atoms with Crippen LogP contribution in [0.2, 0.25) is 0 Å². The molecule has 3 heteroatoms. The molecule has 0 saturated heterocycles. The molecule has 3 nitrogen and oxygen atoms in total. The molecule has 0 aromatic heterocycles. The quantitative estimate of drug-likeness (QED) is 0.583. The first-order valence-corrected chi connectivity index (χ1v) is 2.44. The fourth-order valence-corrected chi connectivity index (χ4v) is 0.532. The Morgan fingerprint density at radius 1 is 1.00 bits per heavy atom. The second-order valence-electron chi connectivity index (χ2n) is 1.53. The third kappa shape index (κ3) is 2.96. The highest BCUT2D eigenvalue weighted by Crippen LogP contribution is 1.91. The Bertz CT molecular complexity index is 174. The van der Waals surface area contributed by atoms with Crippen molar-refractivity contribution in [2.24, 2.45) is 0 Å². The van der Waals surface area contributed by atoms with E-state index in [0.717, 1.165) is 11.8 Å². The summed E-state index contributed by atoms with van der Waals surface area (Å²) >= 11 is 0. The molecule has 0 spiro atoms. The van der Waals surface area contributed by atoms with Crippen LogP contribution in [0.15, 0.2) is 30.3 Å². The molecule has 0 fully saturated rings. The topological polar surface area (TPSA) is 87.1 Å². The van der Waals surface area contributed by atoms with Gasteiger partial charge in [-0.15, -0.1) is 0 Å². The number of carbonyl (C=O) groups is 1. The molecule has 0 saturated carbocycles. The molecule has 0 amide bonds. The van der Waals surface area contributed by atoms with Crippen LogP contribution in [0.5, 0.6) is 0 Å². The largest absolute Gasteiger partial charge is 0.344 e. The van der Waals surface area contributed by atoms with Crippen molar-refractivity contribution in [3.63, 3.8) is 0 Å². The molecule has 1 aromatic carbocycles. The molecular weight excluding hydrogens is 128 g/mol. The number of hydrogen-bond acceptors (Lipinski definition) is 3. The van der Waals surface area contributed by atoms with Gasteiger partial charge in [-0.05, 0) is 0 Å². The number of rotatable bonds is 1. The molecule has 1 rings (SSSR count). The summed E-state index contributed by atoms with van der Waals surface area (Å²) in [5, 5.41) is 0. The van der Waals surface area contributed by atoms with Crippen LogP contribution in [0.4, 0.5) is 0 Å². The molecular formula is C7H12N2O. The van der Waals surface area contributed by atoms with Gasteiger partial charge in [0.25, 0.3) is 0 Å². The van der Waals surface area contributed by atoms with Crippen LogP contribution in [-0.2, 0) is 0 Å². The normalized spacial score (nSPS) is 6.80. The third-order valence-electron chi connectivity index (χ3n) is 0.936. The van der Waals surface area contributed by atoms with Gasteiger partial charge in [0.15, 0.2) is 0 Å². The molecule has 0 unspecified atom stereocenters. The summed E-state index contributed by atoms with van der Waals surface area (Å²) in [6.07, 6.45) is 0.833. The first-order valence-electron chi connectivity index (χ1n) is 2.44. The first kappa shape index (κ1) is 11.6. The van der Waals surface area contributed by atoms with E-state index >= 15 is 0 Å². The molecule has 56 valence electrons. The fourth-order valence-electron chi connectivity index (χ4n) is 0.532. The molecule has 0 bridgehead atoms. The van der Waals surface area contributed by atoms with Gasteiger partial charge in [-0.25, -0.2) is 0 Å². The zero-order valence-electron chi connectivity index (χ0n) is 5.79. The average molecular weight is 140 g/mol. The number of benzene rings is 1. The van der Waals surface area contributed by atoms with E-state index in [1.807, 2.05) is 18.2 Å². The van der Waals surface area contributed by atoms with Crippen molar-refractivity contribution in [2.45, 2.75) is 0 Å². The SMILES string of the molecule is N.N.O=Cc1ccccc1. The van der Waals surface area contributed by atoms with Gasteiger partial charge in [0, 0.05) is 5.56 Å². The van der Waals surface area contributed by atoms with Crippen molar-refractivity contribution < 1.29 is 4.79 Å². The molecule has 0 aliphatic carbocycles. The Morgan fingerprint density at radius 3 is 1.80 bits per heavy atom. The van der Waals surface area contributed by atoms with E-state index in [-0.39, 0.29) is 12.3 Å². The second kappa shape index (κ2) is 5.94. The summed E-state index contributed by atoms with van der Waals surface area (Å²) in [4.78, 5) is 10.0. The van der Waals surface area contributed by atoms with E-state index in [2.05, 4.69) is 0 Å². The Hall–Kier alpha value is -1.19. The predicted molar refractivity (Wildman–Crippen MR) is 41.9 cm³/mol. The first-order chi connectivity index (χ1) is 3.93. The van der Waals surface area contributed by atoms with Crippen molar-refractivity contribution in [3.8, 4) is 0 Å². The van der Waals surface area contributed by atoms with Gasteiger partial charge in [-0.2, -0.15) is 0 Å². The molecule has 0 aliphatic heterocycles. The fraction of sp³-hybridized carbons (Fsp3) is 0. The van der Waals surface area contributed by atoms with Crippen LogP contribution < -0.4 is 12.3 Å². The van der Waals surface area contributed by atoms with E-state index in [1.54, 1.807) is 12.1 Å². The highest BCUT2D eigenvalue weighted by molar-refractivity contribution is 5.74. The van der Waals surface area contributed by atoms with Crippen molar-refractivity contribution >= 4 is 6.29 Å². The lowest BCUT2D eigenvalue weighted by atomic mass is 10.2. The van der Waals surface area contributed by atoms with E-state index in [4.69, 9.17) is 0 Å². The summed E-state index contributed by atoms with van der Waals surface area (Å²) in [5.41, 5.74) is 0.729. The van der Waals surface area contributed by atoms with Crippen molar-refractivity contribution in [1.29, 1.82) is 0 Å². The van der Waals surface area contributed by atoms with E-state index < -0.39 is 0 Å². The Balaban J connectivity index is 0. The van der Waals surface area contributed by atoms with Crippen LogP contribution in [0.25, 0.3) is 0 Å². The molecule has 6 N–H and O–H groups in total. The highest BCUT2D eigenvalue weighted by atomic mass is 16.1. The molecule has 0 atom stereocenters. The molecule has 10 heavy (non-hydrogen) atoms. The van der Waals surface area contributed by atoms with Gasteiger partial charge in [0.05, 0.1) is 0 Å². The van der Waals surface area contributed by atoms with Crippen LogP contribution in [0.3, 0.4) is 0 Å². The molecule has 0 aliphatic rings. The smallest absolute Gasteiger partial charge is 0.150 e. The minimum atomic E-state index is 0. The summed E-state index contributed by atoms with van der Waals surface area (Å²) < 4.78 is 0. The number of aldehydes is 1. The van der Waals surface area contributed by atoms with Crippen molar-refractivity contribution in [3.05, 3.63) is 35.9 Å². The van der Waals surface area contributed by atoms with Gasteiger partial charge in [-0.1, -0.05) is 30.3 Å². The molecule has 1 aromatic rings. The summed E-state index contributed by atoms with van der Waals surface area (Å²) in [6.45, 7) is 0. The van der Waals surface area contributed by atoms with Crippen molar-refractivity contribution in [1.82, 2.24) is 12.3 Å². The number of carbonyl (C=O) groups excluding carboxylic acids is 1. The van der Waals surface area contributed by atoms with Gasteiger partial charge in [-0.3, -0.25) is 4.79 Å². The monoisotopic (exact) mass is 140 g/mol. The highest BCUT2D eigenvalue weighted by Gasteiger charge is 1.79. The van der Waals surface area contributed by atoms with Crippen LogP contribution in [-0.4, -0.2) is 6.29 Å². The van der Waals surface area contributed by atoms with Crippen LogP contribution >= 0.6 is 0 Å². The van der Waals surface area contributed by atoms with Gasteiger partial charge < -0.3 is 12.3 Å². The lowest BCUT2D eigenvalue weighted by molar-refractivity contribution is 0.112. The summed E-state index contributed by atoms with van der Waals surface area (Å²) in [5.74, 6) is 0. The lowest BCUT2D eigenvalue weighted by Gasteiger charge is -1.81. The van der Waals surface area contributed by atoms with E-state index in [0.29, 0.717) is 0 Å². The average Bonchev–Trinajstić information content (AvgIpc) is 1.90. The number of hydrogen-bond donors (Lipinski definition) is 2. The Morgan fingerprint density at radius 2 is 1.50 bits per heavy atom. The van der Waals surface area contributed by atoms with Gasteiger partial charge in [0.2, 0.25) is 0 Å². The zero-order valence-corrected chi connectivity index (χ0v) is 5.79. The maximum absolute atomic E-state index is 10.0. The summed E-state index contributed by atoms with van der Waals surface area (Å²) in [6, 6.07) is 9.10.